The van der Waals surface area contributed by atoms with E-state index in [2.05, 4.69) is 27.6 Å². The molecule has 1 aromatic carbocycles. The van der Waals surface area contributed by atoms with Crippen LogP contribution in [0.1, 0.15) is 43.0 Å². The Morgan fingerprint density at radius 3 is 2.52 bits per heavy atom. The first kappa shape index (κ1) is 19.2. The van der Waals surface area contributed by atoms with Crippen LogP contribution in [0.15, 0.2) is 24.3 Å². The second-order valence-electron chi connectivity index (χ2n) is 6.30. The fraction of sp³-hybridized carbons (Fsp3) is 0.500. The van der Waals surface area contributed by atoms with Crippen molar-refractivity contribution in [1.82, 2.24) is 10.6 Å². The van der Waals surface area contributed by atoms with Gasteiger partial charge in [0.1, 0.15) is 6.54 Å². The monoisotopic (exact) mass is 363 g/mol. The lowest BCUT2D eigenvalue weighted by atomic mass is 9.86. The first-order chi connectivity index (χ1) is 12.0. The molecule has 1 saturated carbocycles. The molecule has 3 N–H and O–H groups in total. The van der Waals surface area contributed by atoms with Crippen molar-refractivity contribution in [2.24, 2.45) is 5.92 Å². The number of carbonyl (C=O) groups excluding carboxylic acids is 2. The molecule has 1 aliphatic rings. The molecule has 0 saturated heterocycles. The van der Waals surface area contributed by atoms with Crippen LogP contribution in [0.25, 0.3) is 0 Å². The fourth-order valence-corrected chi connectivity index (χ4v) is 3.17. The zero-order chi connectivity index (χ0) is 18.2. The molecule has 2 rings (SSSR count). The number of methoxy groups -OCH3 is 1. The Hall–Kier alpha value is -2.15. The normalized spacial score (nSPS) is 19.6. The largest absolute Gasteiger partial charge is 0.468 e. The number of hydrogen-bond donors (Lipinski definition) is 3. The van der Waals surface area contributed by atoms with Gasteiger partial charge in [0, 0.05) is 17.3 Å². The van der Waals surface area contributed by atoms with Gasteiger partial charge in [0.15, 0.2) is 5.11 Å². The van der Waals surface area contributed by atoms with Crippen LogP contribution in [0.3, 0.4) is 0 Å². The molecule has 0 heterocycles. The van der Waals surface area contributed by atoms with Crippen molar-refractivity contribution < 1.29 is 14.3 Å². The number of anilines is 1. The molecule has 1 aromatic rings. The van der Waals surface area contributed by atoms with Crippen LogP contribution in [-0.4, -0.2) is 36.7 Å². The minimum absolute atomic E-state index is 0.150. The molecule has 1 amide bonds. The van der Waals surface area contributed by atoms with Crippen LogP contribution in [0, 0.1) is 5.92 Å². The van der Waals surface area contributed by atoms with Gasteiger partial charge in [-0.2, -0.15) is 0 Å². The second-order valence-corrected chi connectivity index (χ2v) is 6.71. The van der Waals surface area contributed by atoms with Crippen LogP contribution in [0.5, 0.6) is 0 Å². The minimum atomic E-state index is -0.486. The number of carbonyl (C=O) groups is 2. The summed E-state index contributed by atoms with van der Waals surface area (Å²) >= 11 is 5.38. The summed E-state index contributed by atoms with van der Waals surface area (Å²) in [5, 5.41) is 9.63. The van der Waals surface area contributed by atoms with E-state index in [-0.39, 0.29) is 12.5 Å². The number of esters is 1. The van der Waals surface area contributed by atoms with E-state index in [0.717, 1.165) is 12.1 Å². The highest BCUT2D eigenvalue weighted by Crippen LogP contribution is 2.23. The molecule has 0 radical (unpaired) electrons. The topological polar surface area (TPSA) is 79.5 Å². The van der Waals surface area contributed by atoms with E-state index in [1.54, 1.807) is 24.3 Å². The first-order valence-corrected chi connectivity index (χ1v) is 8.93. The highest BCUT2D eigenvalue weighted by Gasteiger charge is 2.21. The Morgan fingerprint density at radius 1 is 1.20 bits per heavy atom. The predicted molar refractivity (Wildman–Crippen MR) is 102 cm³/mol. The lowest BCUT2D eigenvalue weighted by Crippen LogP contribution is -2.43. The van der Waals surface area contributed by atoms with Crippen molar-refractivity contribution in [3.63, 3.8) is 0 Å². The van der Waals surface area contributed by atoms with Gasteiger partial charge in [-0.1, -0.05) is 19.8 Å². The first-order valence-electron chi connectivity index (χ1n) is 8.52. The molecular weight excluding hydrogens is 338 g/mol. The van der Waals surface area contributed by atoms with Gasteiger partial charge in [-0.15, -0.1) is 0 Å². The molecule has 1 aliphatic carbocycles. The Balaban J connectivity index is 1.83. The van der Waals surface area contributed by atoms with Crippen LogP contribution < -0.4 is 16.0 Å². The summed E-state index contributed by atoms with van der Waals surface area (Å²) in [4.78, 5) is 23.0. The van der Waals surface area contributed by atoms with Crippen LogP contribution in [0.2, 0.25) is 0 Å². The maximum atomic E-state index is 11.9. The van der Waals surface area contributed by atoms with Crippen LogP contribution >= 0.6 is 12.2 Å². The third kappa shape index (κ3) is 6.01. The standard InChI is InChI=1S/C18H25N3O3S/c1-12-5-3-4-6-15(12)21-18(25)20-14-9-7-13(8-10-14)17(23)19-11-16(22)24-2/h7-10,12,15H,3-6,11H2,1-2H3,(H,19,23)(H2,20,21,25)/t12-,15-/m1/s1. The smallest absolute Gasteiger partial charge is 0.325 e. The summed E-state index contributed by atoms with van der Waals surface area (Å²) < 4.78 is 4.48. The maximum absolute atomic E-state index is 11.9. The molecular formula is C18H25N3O3S. The average molecular weight is 363 g/mol. The number of nitrogens with one attached hydrogen (secondary N) is 3. The minimum Gasteiger partial charge on any atom is -0.468 e. The van der Waals surface area contributed by atoms with Crippen molar-refractivity contribution in [1.29, 1.82) is 0 Å². The highest BCUT2D eigenvalue weighted by molar-refractivity contribution is 7.80. The van der Waals surface area contributed by atoms with E-state index in [1.165, 1.54) is 26.4 Å². The van der Waals surface area contributed by atoms with Crippen LogP contribution in [0.4, 0.5) is 5.69 Å². The zero-order valence-electron chi connectivity index (χ0n) is 14.6. The van der Waals surface area contributed by atoms with Crippen molar-refractivity contribution in [2.45, 2.75) is 38.6 Å². The molecule has 25 heavy (non-hydrogen) atoms. The number of benzene rings is 1. The van der Waals surface area contributed by atoms with Gasteiger partial charge in [0.25, 0.3) is 5.91 Å². The van der Waals surface area contributed by atoms with E-state index in [9.17, 15) is 9.59 Å². The Bertz CT molecular complexity index is 618. The lowest BCUT2D eigenvalue weighted by molar-refractivity contribution is -0.139. The molecule has 0 aliphatic heterocycles. The van der Waals surface area contributed by atoms with E-state index < -0.39 is 5.97 Å². The van der Waals surface area contributed by atoms with Gasteiger partial charge in [-0.3, -0.25) is 9.59 Å². The second kappa shape index (κ2) is 9.36. The van der Waals surface area contributed by atoms with Gasteiger partial charge in [0.2, 0.25) is 0 Å². The summed E-state index contributed by atoms with van der Waals surface area (Å²) in [7, 11) is 1.28. The lowest BCUT2D eigenvalue weighted by Gasteiger charge is -2.30. The van der Waals surface area contributed by atoms with Gasteiger partial charge in [-0.25, -0.2) is 0 Å². The number of amides is 1. The zero-order valence-corrected chi connectivity index (χ0v) is 15.4. The summed E-state index contributed by atoms with van der Waals surface area (Å²) in [5.41, 5.74) is 1.28. The molecule has 7 heteroatoms. The Labute approximate surface area is 153 Å². The van der Waals surface area contributed by atoms with Crippen LogP contribution in [-0.2, 0) is 9.53 Å². The molecule has 0 bridgehead atoms. The molecule has 1 fully saturated rings. The number of hydrogen-bond acceptors (Lipinski definition) is 4. The summed E-state index contributed by atoms with van der Waals surface area (Å²) in [6.45, 7) is 2.10. The summed E-state index contributed by atoms with van der Waals surface area (Å²) in [6.07, 6.45) is 4.90. The molecule has 0 spiro atoms. The van der Waals surface area contributed by atoms with Crippen molar-refractivity contribution in [3.8, 4) is 0 Å². The van der Waals surface area contributed by atoms with Crippen molar-refractivity contribution >= 4 is 34.9 Å². The molecule has 136 valence electrons. The van der Waals surface area contributed by atoms with Crippen molar-refractivity contribution in [3.05, 3.63) is 29.8 Å². The number of rotatable bonds is 5. The van der Waals surface area contributed by atoms with E-state index in [0.29, 0.717) is 22.6 Å². The Kier molecular flexibility index (Phi) is 7.18. The fourth-order valence-electron chi connectivity index (χ4n) is 2.90. The van der Waals surface area contributed by atoms with Gasteiger partial charge in [-0.05, 0) is 55.2 Å². The number of ether oxygens (including phenoxy) is 1. The van der Waals surface area contributed by atoms with Gasteiger partial charge >= 0.3 is 5.97 Å². The number of thiocarbonyl (C=S) groups is 1. The Morgan fingerprint density at radius 2 is 1.88 bits per heavy atom. The summed E-state index contributed by atoms with van der Waals surface area (Å²) in [5.74, 6) is -0.192. The van der Waals surface area contributed by atoms with E-state index >= 15 is 0 Å². The van der Waals surface area contributed by atoms with Gasteiger partial charge < -0.3 is 20.7 Å². The molecule has 0 unspecified atom stereocenters. The predicted octanol–water partition coefficient (Wildman–Crippen LogP) is 2.45. The molecule has 6 nitrogen and oxygen atoms in total. The maximum Gasteiger partial charge on any atom is 0.325 e. The van der Waals surface area contributed by atoms with Gasteiger partial charge in [0.05, 0.1) is 7.11 Å². The van der Waals surface area contributed by atoms with E-state index in [4.69, 9.17) is 12.2 Å². The molecule has 0 aromatic heterocycles. The average Bonchev–Trinajstić information content (AvgIpc) is 2.62. The highest BCUT2D eigenvalue weighted by atomic mass is 32.1. The quantitative estimate of drug-likeness (QED) is 0.551. The van der Waals surface area contributed by atoms with E-state index in [1.807, 2.05) is 0 Å². The third-order valence-corrected chi connectivity index (χ3v) is 4.67. The third-order valence-electron chi connectivity index (χ3n) is 4.45. The summed E-state index contributed by atoms with van der Waals surface area (Å²) in [6, 6.07) is 7.34. The van der Waals surface area contributed by atoms with Crippen molar-refractivity contribution in [2.75, 3.05) is 19.0 Å². The molecule has 2 atom stereocenters. The SMILES string of the molecule is COC(=O)CNC(=O)c1ccc(NC(=S)N[C@@H]2CCCC[C@H]2C)cc1.